The molecule has 0 aliphatic heterocycles. The number of carbonyl (C=O) groups is 2. The number of urea groups is 2. The monoisotopic (exact) mass is 657 g/mol. The van der Waals surface area contributed by atoms with E-state index >= 15 is 0 Å². The molecule has 44 heavy (non-hydrogen) atoms. The van der Waals surface area contributed by atoms with Gasteiger partial charge in [0.1, 0.15) is 4.90 Å². The molecule has 0 aliphatic rings. The first-order valence-electron chi connectivity index (χ1n) is 12.7. The summed E-state index contributed by atoms with van der Waals surface area (Å²) in [5.74, 6) is 0. The first-order valence-corrected chi connectivity index (χ1v) is 17.1. The summed E-state index contributed by atoms with van der Waals surface area (Å²) in [5.41, 5.74) is 1.24. The number of para-hydroxylation sites is 1. The molecule has 0 aromatic heterocycles. The van der Waals surface area contributed by atoms with E-state index in [1.54, 1.807) is 44.2 Å². The summed E-state index contributed by atoms with van der Waals surface area (Å²) in [7, 11) is -13.0. The third kappa shape index (κ3) is 8.12. The highest BCUT2D eigenvalue weighted by Crippen LogP contribution is 2.28. The summed E-state index contributed by atoms with van der Waals surface area (Å²) in [4.78, 5) is 24.5. The van der Waals surface area contributed by atoms with Gasteiger partial charge in [0.05, 0.1) is 15.5 Å². The maximum atomic E-state index is 13.3. The SMILES string of the molecule is Cc1ccc(S(=O)(=O)NC(=O)Nc2ccc(S(=O)(=O)Nc3ccccc3)c(NC(=O)NS(=O)(=O)c3ccc(C)cc3)c2)cc1. The Balaban J connectivity index is 1.61. The van der Waals surface area contributed by atoms with E-state index in [0.717, 1.165) is 29.3 Å². The number of nitrogens with one attached hydrogen (secondary N) is 5. The Kier molecular flexibility index (Phi) is 9.27. The summed E-state index contributed by atoms with van der Waals surface area (Å²) in [6, 6.07) is 20.0. The highest BCUT2D eigenvalue weighted by molar-refractivity contribution is 7.93. The Morgan fingerprint density at radius 2 is 1.00 bits per heavy atom. The van der Waals surface area contributed by atoms with Crippen molar-refractivity contribution in [2.24, 2.45) is 0 Å². The molecule has 230 valence electrons. The molecule has 5 N–H and O–H groups in total. The fourth-order valence-electron chi connectivity index (χ4n) is 3.76. The quantitative estimate of drug-likeness (QED) is 0.177. The fourth-order valence-corrected chi connectivity index (χ4v) is 6.77. The Morgan fingerprint density at radius 3 is 1.50 bits per heavy atom. The number of rotatable bonds is 9. The predicted molar refractivity (Wildman–Crippen MR) is 165 cm³/mol. The van der Waals surface area contributed by atoms with Crippen molar-refractivity contribution in [2.75, 3.05) is 15.4 Å². The number of aryl methyl sites for hydroxylation is 2. The van der Waals surface area contributed by atoms with Crippen LogP contribution in [0.5, 0.6) is 0 Å². The van der Waals surface area contributed by atoms with Crippen LogP contribution in [0.4, 0.5) is 26.7 Å². The smallest absolute Gasteiger partial charge is 0.307 e. The summed E-state index contributed by atoms with van der Waals surface area (Å²) >= 11 is 0. The molecular weight excluding hydrogens is 631 g/mol. The number of sulfonamides is 3. The van der Waals surface area contributed by atoms with Crippen molar-refractivity contribution < 1.29 is 34.8 Å². The lowest BCUT2D eigenvalue weighted by atomic mass is 10.2. The summed E-state index contributed by atoms with van der Waals surface area (Å²) in [6.45, 7) is 3.51. The van der Waals surface area contributed by atoms with Gasteiger partial charge in [-0.3, -0.25) is 4.72 Å². The maximum Gasteiger partial charge on any atom is 0.333 e. The molecule has 4 rings (SSSR count). The van der Waals surface area contributed by atoms with E-state index in [4.69, 9.17) is 0 Å². The van der Waals surface area contributed by atoms with Crippen LogP contribution in [-0.4, -0.2) is 37.3 Å². The van der Waals surface area contributed by atoms with Gasteiger partial charge in [0.15, 0.2) is 0 Å². The molecule has 16 heteroatoms. The van der Waals surface area contributed by atoms with E-state index in [9.17, 15) is 34.8 Å². The third-order valence-corrected chi connectivity index (χ3v) is 10.1. The molecule has 0 bridgehead atoms. The largest absolute Gasteiger partial charge is 0.333 e. The fraction of sp³-hybridized carbons (Fsp3) is 0.0714. The van der Waals surface area contributed by atoms with Crippen molar-refractivity contribution in [2.45, 2.75) is 28.5 Å². The van der Waals surface area contributed by atoms with Gasteiger partial charge in [-0.1, -0.05) is 53.6 Å². The minimum Gasteiger partial charge on any atom is -0.307 e. The molecule has 0 heterocycles. The van der Waals surface area contributed by atoms with Crippen molar-refractivity contribution in [1.82, 2.24) is 9.44 Å². The van der Waals surface area contributed by atoms with Crippen LogP contribution < -0.4 is 24.8 Å². The molecule has 0 fully saturated rings. The molecule has 0 aliphatic carbocycles. The van der Waals surface area contributed by atoms with E-state index in [2.05, 4.69) is 15.4 Å². The van der Waals surface area contributed by atoms with E-state index < -0.39 is 52.7 Å². The van der Waals surface area contributed by atoms with Gasteiger partial charge < -0.3 is 10.6 Å². The zero-order valence-electron chi connectivity index (χ0n) is 23.2. The molecule has 13 nitrogen and oxygen atoms in total. The van der Waals surface area contributed by atoms with Crippen LogP contribution in [-0.2, 0) is 30.1 Å². The second-order valence-electron chi connectivity index (χ2n) is 9.43. The van der Waals surface area contributed by atoms with Gasteiger partial charge in [0.25, 0.3) is 30.1 Å². The minimum atomic E-state index is -4.37. The van der Waals surface area contributed by atoms with E-state index in [1.165, 1.54) is 48.5 Å². The second-order valence-corrected chi connectivity index (χ2v) is 14.4. The molecular formula is C28H27N5O8S3. The molecule has 4 aromatic rings. The average Bonchev–Trinajstić information content (AvgIpc) is 2.93. The van der Waals surface area contributed by atoms with Crippen LogP contribution in [0.15, 0.2) is 112 Å². The lowest BCUT2D eigenvalue weighted by Crippen LogP contribution is -2.35. The molecule has 0 radical (unpaired) electrons. The van der Waals surface area contributed by atoms with Crippen LogP contribution in [0.25, 0.3) is 0 Å². The van der Waals surface area contributed by atoms with Crippen LogP contribution >= 0.6 is 0 Å². The summed E-state index contributed by atoms with van der Waals surface area (Å²) < 4.78 is 83.2. The average molecular weight is 658 g/mol. The van der Waals surface area contributed by atoms with Gasteiger partial charge in [-0.05, 0) is 68.4 Å². The van der Waals surface area contributed by atoms with Crippen LogP contribution in [0.2, 0.25) is 0 Å². The van der Waals surface area contributed by atoms with Crippen molar-refractivity contribution >= 4 is 59.2 Å². The first-order chi connectivity index (χ1) is 20.6. The standard InChI is InChI=1S/C28H27N5O8S3/c1-19-8-13-23(14-9-19)42(36,37)32-27(34)29-22-12-17-26(44(40,41)31-21-6-4-3-5-7-21)25(18-22)30-28(35)33-43(38,39)24-15-10-20(2)11-16-24/h3-18,31H,1-2H3,(H2,29,32,34)(H2,30,33,35). The number of amides is 4. The Morgan fingerprint density at radius 1 is 0.523 bits per heavy atom. The summed E-state index contributed by atoms with van der Waals surface area (Å²) in [6.07, 6.45) is 0. The van der Waals surface area contributed by atoms with E-state index in [0.29, 0.717) is 0 Å². The van der Waals surface area contributed by atoms with Gasteiger partial charge in [-0.25, -0.2) is 44.3 Å². The molecule has 0 saturated carbocycles. The van der Waals surface area contributed by atoms with Gasteiger partial charge in [-0.15, -0.1) is 0 Å². The van der Waals surface area contributed by atoms with E-state index in [1.807, 2.05) is 9.44 Å². The van der Waals surface area contributed by atoms with Gasteiger partial charge in [0, 0.05) is 11.4 Å². The number of anilines is 3. The predicted octanol–water partition coefficient (Wildman–Crippen LogP) is 4.13. The third-order valence-electron chi connectivity index (χ3n) is 5.92. The molecule has 0 unspecified atom stereocenters. The number of benzene rings is 4. The van der Waals surface area contributed by atoms with Gasteiger partial charge in [0.2, 0.25) is 0 Å². The molecule has 0 spiro atoms. The van der Waals surface area contributed by atoms with E-state index in [-0.39, 0.29) is 21.2 Å². The Hall–Kier alpha value is -4.93. The molecule has 4 aromatic carbocycles. The maximum absolute atomic E-state index is 13.3. The summed E-state index contributed by atoms with van der Waals surface area (Å²) in [5, 5.41) is 4.46. The number of carbonyl (C=O) groups excluding carboxylic acids is 2. The van der Waals surface area contributed by atoms with Crippen molar-refractivity contribution in [3.05, 3.63) is 108 Å². The van der Waals surface area contributed by atoms with Crippen molar-refractivity contribution in [3.63, 3.8) is 0 Å². The highest BCUT2D eigenvalue weighted by Gasteiger charge is 2.24. The second kappa shape index (κ2) is 12.7. The topological polar surface area (TPSA) is 197 Å². The molecule has 0 atom stereocenters. The molecule has 4 amide bonds. The van der Waals surface area contributed by atoms with Crippen LogP contribution in [0.1, 0.15) is 11.1 Å². The zero-order chi connectivity index (χ0) is 32.1. The lowest BCUT2D eigenvalue weighted by Gasteiger charge is -2.16. The van der Waals surface area contributed by atoms with Gasteiger partial charge >= 0.3 is 12.1 Å². The number of hydrogen-bond donors (Lipinski definition) is 5. The minimum absolute atomic E-state index is 0.128. The Labute approximate surface area is 254 Å². The molecule has 0 saturated heterocycles. The first kappa shape index (κ1) is 32.0. The van der Waals surface area contributed by atoms with Crippen LogP contribution in [0, 0.1) is 13.8 Å². The van der Waals surface area contributed by atoms with Gasteiger partial charge in [-0.2, -0.15) is 0 Å². The van der Waals surface area contributed by atoms with Crippen molar-refractivity contribution in [1.29, 1.82) is 0 Å². The number of hydrogen-bond acceptors (Lipinski definition) is 8. The van der Waals surface area contributed by atoms with Crippen molar-refractivity contribution in [3.8, 4) is 0 Å². The van der Waals surface area contributed by atoms with Crippen LogP contribution in [0.3, 0.4) is 0 Å². The lowest BCUT2D eigenvalue weighted by molar-refractivity contribution is 0.255. The normalized spacial score (nSPS) is 11.7. The Bertz CT molecular complexity index is 2020. The highest BCUT2D eigenvalue weighted by atomic mass is 32.2. The zero-order valence-corrected chi connectivity index (χ0v) is 25.7.